The van der Waals surface area contributed by atoms with Crippen molar-refractivity contribution in [3.63, 3.8) is 0 Å². The summed E-state index contributed by atoms with van der Waals surface area (Å²) in [6, 6.07) is 20.1. The number of hydrogen-bond acceptors (Lipinski definition) is 2. The van der Waals surface area contributed by atoms with Gasteiger partial charge in [-0.1, -0.05) is 54.6 Å². The van der Waals surface area contributed by atoms with E-state index >= 15 is 0 Å². The van der Waals surface area contributed by atoms with Gasteiger partial charge in [-0.15, -0.1) is 0 Å². The van der Waals surface area contributed by atoms with Crippen LogP contribution in [-0.2, 0) is 0 Å². The van der Waals surface area contributed by atoms with Gasteiger partial charge >= 0.3 is 0 Å². The third kappa shape index (κ3) is 3.91. The van der Waals surface area contributed by atoms with Crippen molar-refractivity contribution < 1.29 is 0 Å². The van der Waals surface area contributed by atoms with Gasteiger partial charge in [0.1, 0.15) is 0 Å². The van der Waals surface area contributed by atoms with Crippen LogP contribution in [0.4, 0.5) is 5.69 Å². The number of nitrogens with zero attached hydrogens (tertiary/aromatic N) is 1. The first-order valence-corrected chi connectivity index (χ1v) is 5.93. The highest BCUT2D eigenvalue weighted by Crippen LogP contribution is 2.05. The molecule has 18 heavy (non-hydrogen) atoms. The fourth-order valence-corrected chi connectivity index (χ4v) is 1.48. The van der Waals surface area contributed by atoms with E-state index in [1.165, 1.54) is 5.56 Å². The van der Waals surface area contributed by atoms with Gasteiger partial charge in [-0.2, -0.15) is 5.10 Å². The molecule has 0 amide bonds. The smallest absolute Gasteiger partial charge is 0.0576 e. The molecule has 0 saturated heterocycles. The molecule has 90 valence electrons. The van der Waals surface area contributed by atoms with Crippen LogP contribution in [0.2, 0.25) is 0 Å². The second-order valence-electron chi connectivity index (χ2n) is 3.98. The van der Waals surface area contributed by atoms with Gasteiger partial charge < -0.3 is 0 Å². The first-order chi connectivity index (χ1) is 8.84. The lowest BCUT2D eigenvalue weighted by atomic mass is 10.2. The maximum atomic E-state index is 4.29. The molecule has 0 aliphatic rings. The molecule has 2 rings (SSSR count). The second-order valence-corrected chi connectivity index (χ2v) is 3.98. The summed E-state index contributed by atoms with van der Waals surface area (Å²) in [5.74, 6) is 0. The highest BCUT2D eigenvalue weighted by atomic mass is 15.3. The third-order valence-electron chi connectivity index (χ3n) is 2.45. The summed E-state index contributed by atoms with van der Waals surface area (Å²) in [4.78, 5) is 0. The molecule has 0 aliphatic heterocycles. The summed E-state index contributed by atoms with van der Waals surface area (Å²) < 4.78 is 0. The van der Waals surface area contributed by atoms with Gasteiger partial charge in [0.2, 0.25) is 0 Å². The standard InChI is InChI=1S/C16H16N2/c1-14(12-13-15-8-4-2-5-9-15)17-18-16-10-6-3-7-11-16/h2-13,18H,1H3/b13-12+,17-14?. The zero-order valence-electron chi connectivity index (χ0n) is 10.4. The van der Waals surface area contributed by atoms with Gasteiger partial charge in [0.05, 0.1) is 11.4 Å². The van der Waals surface area contributed by atoms with Crippen molar-refractivity contribution in [1.29, 1.82) is 0 Å². The quantitative estimate of drug-likeness (QED) is 0.624. The Bertz CT molecular complexity index is 528. The number of hydrogen-bond donors (Lipinski definition) is 1. The number of hydrazone groups is 1. The van der Waals surface area contributed by atoms with Crippen molar-refractivity contribution in [1.82, 2.24) is 0 Å². The number of nitrogens with one attached hydrogen (secondary N) is 1. The molecule has 0 aromatic heterocycles. The van der Waals surface area contributed by atoms with Gasteiger partial charge in [-0.05, 0) is 30.7 Å². The normalized spacial score (nSPS) is 11.7. The van der Waals surface area contributed by atoms with E-state index in [2.05, 4.69) is 22.7 Å². The Balaban J connectivity index is 1.96. The molecule has 0 radical (unpaired) electrons. The minimum atomic E-state index is 0.933. The monoisotopic (exact) mass is 236 g/mol. The summed E-state index contributed by atoms with van der Waals surface area (Å²) in [7, 11) is 0. The Morgan fingerprint density at radius 1 is 0.944 bits per heavy atom. The van der Waals surface area contributed by atoms with E-state index in [4.69, 9.17) is 0 Å². The van der Waals surface area contributed by atoms with Crippen molar-refractivity contribution in [3.05, 3.63) is 72.3 Å². The van der Waals surface area contributed by atoms with Crippen molar-refractivity contribution in [3.8, 4) is 0 Å². The Hall–Kier alpha value is -2.35. The molecular weight excluding hydrogens is 220 g/mol. The SMILES string of the molecule is CC(/C=C/c1ccccc1)=NNc1ccccc1. The van der Waals surface area contributed by atoms with Gasteiger partial charge in [0.25, 0.3) is 0 Å². The lowest BCUT2D eigenvalue weighted by Crippen LogP contribution is -1.93. The maximum Gasteiger partial charge on any atom is 0.0576 e. The Kier molecular flexibility index (Phi) is 4.31. The van der Waals surface area contributed by atoms with E-state index in [0.717, 1.165) is 11.4 Å². The zero-order valence-corrected chi connectivity index (χ0v) is 10.4. The molecule has 0 atom stereocenters. The minimum absolute atomic E-state index is 0.933. The first kappa shape index (κ1) is 12.1. The molecule has 2 aromatic rings. The van der Waals surface area contributed by atoms with E-state index in [0.29, 0.717) is 0 Å². The van der Waals surface area contributed by atoms with Crippen molar-refractivity contribution >= 4 is 17.5 Å². The first-order valence-electron chi connectivity index (χ1n) is 5.93. The fraction of sp³-hybridized carbons (Fsp3) is 0.0625. The van der Waals surface area contributed by atoms with Crippen LogP contribution < -0.4 is 5.43 Å². The zero-order chi connectivity index (χ0) is 12.6. The average molecular weight is 236 g/mol. The lowest BCUT2D eigenvalue weighted by Gasteiger charge is -1.99. The molecule has 1 N–H and O–H groups in total. The lowest BCUT2D eigenvalue weighted by molar-refractivity contribution is 1.33. The Labute approximate surface area is 108 Å². The van der Waals surface area contributed by atoms with Crippen LogP contribution in [0, 0.1) is 0 Å². The molecule has 0 spiro atoms. The molecule has 0 bridgehead atoms. The van der Waals surface area contributed by atoms with E-state index < -0.39 is 0 Å². The Morgan fingerprint density at radius 3 is 2.22 bits per heavy atom. The molecule has 0 saturated carbocycles. The summed E-state index contributed by atoms with van der Waals surface area (Å²) in [5.41, 5.74) is 6.11. The summed E-state index contributed by atoms with van der Waals surface area (Å²) >= 11 is 0. The fourth-order valence-electron chi connectivity index (χ4n) is 1.48. The van der Waals surface area contributed by atoms with E-state index in [1.807, 2.05) is 67.6 Å². The predicted octanol–water partition coefficient (Wildman–Crippen LogP) is 4.19. The summed E-state index contributed by atoms with van der Waals surface area (Å²) in [5, 5.41) is 4.29. The molecule has 0 aliphatic carbocycles. The molecule has 2 heteroatoms. The van der Waals surface area contributed by atoms with E-state index in [1.54, 1.807) is 0 Å². The summed E-state index contributed by atoms with van der Waals surface area (Å²) in [6.07, 6.45) is 4.04. The summed E-state index contributed by atoms with van der Waals surface area (Å²) in [6.45, 7) is 1.97. The molecule has 0 heterocycles. The second kappa shape index (κ2) is 6.40. The average Bonchev–Trinajstić information content (AvgIpc) is 2.45. The van der Waals surface area contributed by atoms with Crippen LogP contribution in [0.5, 0.6) is 0 Å². The third-order valence-corrected chi connectivity index (χ3v) is 2.45. The van der Waals surface area contributed by atoms with Crippen LogP contribution in [0.1, 0.15) is 12.5 Å². The molecule has 2 nitrogen and oxygen atoms in total. The number of allylic oxidation sites excluding steroid dienone is 1. The Morgan fingerprint density at radius 2 is 1.56 bits per heavy atom. The number of benzene rings is 2. The van der Waals surface area contributed by atoms with E-state index in [-0.39, 0.29) is 0 Å². The van der Waals surface area contributed by atoms with E-state index in [9.17, 15) is 0 Å². The number of para-hydroxylation sites is 1. The molecule has 0 unspecified atom stereocenters. The van der Waals surface area contributed by atoms with Gasteiger partial charge in [-0.3, -0.25) is 5.43 Å². The molecule has 2 aromatic carbocycles. The van der Waals surface area contributed by atoms with Crippen LogP contribution in [0.25, 0.3) is 6.08 Å². The van der Waals surface area contributed by atoms with Crippen LogP contribution in [-0.4, -0.2) is 5.71 Å². The highest BCUT2D eigenvalue weighted by molar-refractivity contribution is 5.96. The van der Waals surface area contributed by atoms with Crippen LogP contribution in [0.3, 0.4) is 0 Å². The van der Waals surface area contributed by atoms with Gasteiger partial charge in [0.15, 0.2) is 0 Å². The van der Waals surface area contributed by atoms with Crippen LogP contribution in [0.15, 0.2) is 71.8 Å². The molecular formula is C16H16N2. The minimum Gasteiger partial charge on any atom is -0.278 e. The van der Waals surface area contributed by atoms with Gasteiger partial charge in [0, 0.05) is 0 Å². The number of anilines is 1. The largest absolute Gasteiger partial charge is 0.278 e. The highest BCUT2D eigenvalue weighted by Gasteiger charge is 1.88. The number of rotatable bonds is 4. The van der Waals surface area contributed by atoms with Crippen molar-refractivity contribution in [2.45, 2.75) is 6.92 Å². The maximum absolute atomic E-state index is 4.29. The van der Waals surface area contributed by atoms with Gasteiger partial charge in [-0.25, -0.2) is 0 Å². The van der Waals surface area contributed by atoms with Crippen molar-refractivity contribution in [2.75, 3.05) is 5.43 Å². The predicted molar refractivity (Wildman–Crippen MR) is 78.6 cm³/mol. The van der Waals surface area contributed by atoms with Crippen molar-refractivity contribution in [2.24, 2.45) is 5.10 Å². The molecule has 0 fully saturated rings. The van der Waals surface area contributed by atoms with Crippen LogP contribution >= 0.6 is 0 Å². The topological polar surface area (TPSA) is 24.4 Å².